The van der Waals surface area contributed by atoms with E-state index in [9.17, 15) is 0 Å². The van der Waals surface area contributed by atoms with Crippen LogP contribution in [0.2, 0.25) is 0 Å². The lowest BCUT2D eigenvalue weighted by Crippen LogP contribution is -2.15. The molecule has 1 aromatic heterocycles. The molecule has 0 aliphatic heterocycles. The van der Waals surface area contributed by atoms with Gasteiger partial charge in [-0.3, -0.25) is 4.98 Å². The van der Waals surface area contributed by atoms with E-state index in [2.05, 4.69) is 62.5 Å². The quantitative estimate of drug-likeness (QED) is 0.797. The van der Waals surface area contributed by atoms with E-state index in [0.29, 0.717) is 0 Å². The average Bonchev–Trinajstić information content (AvgIpc) is 2.49. The molecule has 0 bridgehead atoms. The summed E-state index contributed by atoms with van der Waals surface area (Å²) in [7, 11) is 0. The third-order valence-electron chi connectivity index (χ3n) is 3.60. The normalized spacial score (nSPS) is 10.8. The van der Waals surface area contributed by atoms with Crippen LogP contribution in [0.5, 0.6) is 0 Å². The van der Waals surface area contributed by atoms with Crippen molar-refractivity contribution < 1.29 is 0 Å². The van der Waals surface area contributed by atoms with Gasteiger partial charge in [-0.25, -0.2) is 0 Å². The molecule has 20 heavy (non-hydrogen) atoms. The van der Waals surface area contributed by atoms with E-state index in [0.717, 1.165) is 37.3 Å². The van der Waals surface area contributed by atoms with E-state index >= 15 is 0 Å². The van der Waals surface area contributed by atoms with E-state index in [1.807, 2.05) is 0 Å². The Morgan fingerprint density at radius 2 is 1.75 bits per heavy atom. The Kier molecular flexibility index (Phi) is 5.31. The summed E-state index contributed by atoms with van der Waals surface area (Å²) in [5.74, 6) is 0. The van der Waals surface area contributed by atoms with Crippen LogP contribution < -0.4 is 5.32 Å². The number of hydrogen-bond donors (Lipinski definition) is 1. The number of hydrogen-bond acceptors (Lipinski definition) is 2. The molecular formula is C18H24N2. The fraction of sp³-hybridized carbons (Fsp3) is 0.389. The monoisotopic (exact) mass is 268 g/mol. The van der Waals surface area contributed by atoms with Gasteiger partial charge in [-0.2, -0.15) is 0 Å². The molecule has 2 nitrogen and oxygen atoms in total. The molecule has 1 heterocycles. The molecule has 0 amide bonds. The first kappa shape index (κ1) is 14.7. The molecule has 0 aliphatic carbocycles. The van der Waals surface area contributed by atoms with Crippen LogP contribution in [0.3, 0.4) is 0 Å². The van der Waals surface area contributed by atoms with Crippen molar-refractivity contribution in [3.63, 3.8) is 0 Å². The highest BCUT2D eigenvalue weighted by Crippen LogP contribution is 2.19. The number of nitrogens with one attached hydrogen (secondary N) is 1. The fourth-order valence-corrected chi connectivity index (χ4v) is 2.25. The predicted molar refractivity (Wildman–Crippen MR) is 85.8 cm³/mol. The maximum absolute atomic E-state index is 4.74. The smallest absolute Gasteiger partial charge is 0.0705 e. The van der Waals surface area contributed by atoms with E-state index in [-0.39, 0.29) is 0 Å². The first-order chi connectivity index (χ1) is 9.74. The second-order valence-electron chi connectivity index (χ2n) is 5.17. The van der Waals surface area contributed by atoms with Gasteiger partial charge in [0.25, 0.3) is 0 Å². The first-order valence-electron chi connectivity index (χ1n) is 7.51. The number of rotatable bonds is 6. The van der Waals surface area contributed by atoms with Crippen LogP contribution in [0, 0.1) is 6.92 Å². The van der Waals surface area contributed by atoms with Gasteiger partial charge in [0.2, 0.25) is 0 Å². The van der Waals surface area contributed by atoms with Gasteiger partial charge < -0.3 is 5.32 Å². The molecule has 0 radical (unpaired) electrons. The Bertz CT molecular complexity index is 544. The van der Waals surface area contributed by atoms with E-state index < -0.39 is 0 Å². The third-order valence-corrected chi connectivity index (χ3v) is 3.60. The molecule has 1 N–H and O–H groups in total. The minimum absolute atomic E-state index is 0.904. The number of benzene rings is 1. The third kappa shape index (κ3) is 3.67. The summed E-state index contributed by atoms with van der Waals surface area (Å²) in [6.07, 6.45) is 2.24. The summed E-state index contributed by atoms with van der Waals surface area (Å²) in [5, 5.41) is 3.43. The highest BCUT2D eigenvalue weighted by atomic mass is 14.9. The Morgan fingerprint density at radius 1 is 1.00 bits per heavy atom. The number of nitrogens with zero attached hydrogens (tertiary/aromatic N) is 1. The lowest BCUT2D eigenvalue weighted by Gasteiger charge is -2.09. The maximum atomic E-state index is 4.74. The molecular weight excluding hydrogens is 244 g/mol. The molecule has 2 heteroatoms. The fourth-order valence-electron chi connectivity index (χ4n) is 2.25. The van der Waals surface area contributed by atoms with Crippen molar-refractivity contribution in [3.05, 3.63) is 53.2 Å². The van der Waals surface area contributed by atoms with Crippen molar-refractivity contribution in [2.45, 2.75) is 40.2 Å². The topological polar surface area (TPSA) is 24.9 Å². The Hall–Kier alpha value is -1.67. The standard InChI is InChI=1S/C18H24N2/c1-4-12-19-13-17-10-11-18(20-14(17)3)16-8-6-15(5-2)7-9-16/h6-11,19H,4-5,12-13H2,1-3H3. The summed E-state index contributed by atoms with van der Waals surface area (Å²) < 4.78 is 0. The van der Waals surface area contributed by atoms with Gasteiger partial charge in [0.15, 0.2) is 0 Å². The minimum atomic E-state index is 0.904. The van der Waals surface area contributed by atoms with Crippen LogP contribution in [-0.2, 0) is 13.0 Å². The maximum Gasteiger partial charge on any atom is 0.0705 e. The van der Waals surface area contributed by atoms with Gasteiger partial charge in [0, 0.05) is 17.8 Å². The summed E-state index contributed by atoms with van der Waals surface area (Å²) in [5.41, 5.74) is 6.02. The number of pyridine rings is 1. The zero-order valence-electron chi connectivity index (χ0n) is 12.7. The largest absolute Gasteiger partial charge is 0.313 e. The zero-order chi connectivity index (χ0) is 14.4. The zero-order valence-corrected chi connectivity index (χ0v) is 12.7. The molecule has 1 aromatic carbocycles. The van der Waals surface area contributed by atoms with Gasteiger partial charge in [-0.05, 0) is 43.5 Å². The molecule has 0 unspecified atom stereocenters. The molecule has 0 fully saturated rings. The molecule has 0 saturated heterocycles. The molecule has 2 rings (SSSR count). The van der Waals surface area contributed by atoms with Crippen molar-refractivity contribution in [2.75, 3.05) is 6.54 Å². The molecule has 0 saturated carbocycles. The minimum Gasteiger partial charge on any atom is -0.313 e. The van der Waals surface area contributed by atoms with Gasteiger partial charge in [-0.1, -0.05) is 44.2 Å². The summed E-state index contributed by atoms with van der Waals surface area (Å²) in [4.78, 5) is 4.74. The van der Waals surface area contributed by atoms with Gasteiger partial charge in [0.1, 0.15) is 0 Å². The van der Waals surface area contributed by atoms with Gasteiger partial charge >= 0.3 is 0 Å². The number of aryl methyl sites for hydroxylation is 2. The van der Waals surface area contributed by atoms with Crippen LogP contribution in [0.15, 0.2) is 36.4 Å². The molecule has 0 aliphatic rings. The number of aromatic nitrogens is 1. The molecule has 0 atom stereocenters. The van der Waals surface area contributed by atoms with Crippen LogP contribution in [0.4, 0.5) is 0 Å². The van der Waals surface area contributed by atoms with E-state index in [1.54, 1.807) is 0 Å². The van der Waals surface area contributed by atoms with Gasteiger partial charge in [-0.15, -0.1) is 0 Å². The Labute approximate surface area is 122 Å². The second-order valence-corrected chi connectivity index (χ2v) is 5.17. The van der Waals surface area contributed by atoms with Crippen molar-refractivity contribution in [1.29, 1.82) is 0 Å². The van der Waals surface area contributed by atoms with E-state index in [1.165, 1.54) is 16.7 Å². The predicted octanol–water partition coefficient (Wildman–Crippen LogP) is 4.12. The molecule has 0 spiro atoms. The first-order valence-corrected chi connectivity index (χ1v) is 7.51. The molecule has 2 aromatic rings. The summed E-state index contributed by atoms with van der Waals surface area (Å²) in [6, 6.07) is 13.0. The van der Waals surface area contributed by atoms with Crippen LogP contribution >= 0.6 is 0 Å². The lowest BCUT2D eigenvalue weighted by atomic mass is 10.1. The summed E-state index contributed by atoms with van der Waals surface area (Å²) in [6.45, 7) is 8.41. The molecule has 106 valence electrons. The summed E-state index contributed by atoms with van der Waals surface area (Å²) >= 11 is 0. The van der Waals surface area contributed by atoms with Crippen molar-refractivity contribution in [3.8, 4) is 11.3 Å². The Morgan fingerprint density at radius 3 is 2.35 bits per heavy atom. The second kappa shape index (κ2) is 7.20. The highest BCUT2D eigenvalue weighted by molar-refractivity contribution is 5.60. The van der Waals surface area contributed by atoms with E-state index in [4.69, 9.17) is 4.98 Å². The van der Waals surface area contributed by atoms with Crippen molar-refractivity contribution >= 4 is 0 Å². The van der Waals surface area contributed by atoms with Crippen molar-refractivity contribution in [1.82, 2.24) is 10.3 Å². The van der Waals surface area contributed by atoms with Gasteiger partial charge in [0.05, 0.1) is 5.69 Å². The Balaban J connectivity index is 2.14. The average molecular weight is 268 g/mol. The lowest BCUT2D eigenvalue weighted by molar-refractivity contribution is 0.671. The van der Waals surface area contributed by atoms with Crippen molar-refractivity contribution in [2.24, 2.45) is 0 Å². The SMILES string of the molecule is CCCNCc1ccc(-c2ccc(CC)cc2)nc1C. The van der Waals surface area contributed by atoms with Crippen LogP contribution in [-0.4, -0.2) is 11.5 Å². The van der Waals surface area contributed by atoms with Crippen LogP contribution in [0.1, 0.15) is 37.1 Å². The highest BCUT2D eigenvalue weighted by Gasteiger charge is 2.04. The van der Waals surface area contributed by atoms with Crippen LogP contribution in [0.25, 0.3) is 11.3 Å².